The molecule has 1 aliphatic rings. The Hall–Kier alpha value is -2.66. The number of pyridine rings is 1. The average Bonchev–Trinajstić information content (AvgIpc) is 2.88. The van der Waals surface area contributed by atoms with Crippen molar-refractivity contribution in [2.45, 2.75) is 63.8 Å². The molecule has 0 aliphatic carbocycles. The zero-order valence-electron chi connectivity index (χ0n) is 22.9. The largest absolute Gasteiger partial charge is 0.414 e. The fraction of sp³-hybridized carbons (Fsp3) is 0.464. The third-order valence-electron chi connectivity index (χ3n) is 7.59. The molecule has 3 aromatic rings. The van der Waals surface area contributed by atoms with Crippen molar-refractivity contribution in [3.63, 3.8) is 0 Å². The number of aromatic nitrogens is 3. The van der Waals surface area contributed by atoms with Gasteiger partial charge in [-0.3, -0.25) is 4.79 Å². The number of benzene rings is 1. The van der Waals surface area contributed by atoms with Crippen molar-refractivity contribution in [1.82, 2.24) is 14.5 Å². The van der Waals surface area contributed by atoms with Crippen LogP contribution in [0, 0.1) is 11.6 Å². The van der Waals surface area contributed by atoms with Crippen LogP contribution in [-0.4, -0.2) is 48.7 Å². The van der Waals surface area contributed by atoms with Crippen LogP contribution in [0.15, 0.2) is 47.5 Å². The Morgan fingerprint density at radius 1 is 1.18 bits per heavy atom. The normalized spacial score (nSPS) is 15.8. The summed E-state index contributed by atoms with van der Waals surface area (Å²) in [5, 5.41) is 3.16. The van der Waals surface area contributed by atoms with Gasteiger partial charge >= 0.3 is 0 Å². The standard InChI is InChI=1S/C28H35ClF2N4O3Si/c1-28(2,3)39(4,5)38-17-24(18-6-7-21(29)22(30)14-18)35-11-8-19(15-25(35)36)26-23(31)16-32-27(34-26)33-20-9-12-37-13-10-20/h6-8,11,14-16,20,24H,9-10,12-13,17H2,1-5H3,(H,32,33,34)/t24-/m1/s1. The van der Waals surface area contributed by atoms with Gasteiger partial charge in [-0.2, -0.15) is 0 Å². The van der Waals surface area contributed by atoms with Crippen LogP contribution in [0.5, 0.6) is 0 Å². The second-order valence-corrected chi connectivity index (χ2v) is 16.6. The molecule has 0 spiro atoms. The summed E-state index contributed by atoms with van der Waals surface area (Å²) in [6.07, 6.45) is 4.27. The van der Waals surface area contributed by atoms with Gasteiger partial charge in [-0.25, -0.2) is 18.7 Å². The van der Waals surface area contributed by atoms with E-state index in [-0.39, 0.29) is 28.4 Å². The summed E-state index contributed by atoms with van der Waals surface area (Å²) in [4.78, 5) is 21.8. The molecule has 2 aromatic heterocycles. The molecule has 1 N–H and O–H groups in total. The molecule has 210 valence electrons. The Labute approximate surface area is 233 Å². The van der Waals surface area contributed by atoms with Crippen LogP contribution in [-0.2, 0) is 9.16 Å². The number of rotatable bonds is 8. The number of nitrogens with zero attached hydrogens (tertiary/aromatic N) is 3. The van der Waals surface area contributed by atoms with Gasteiger partial charge in [0.15, 0.2) is 14.1 Å². The highest BCUT2D eigenvalue weighted by Crippen LogP contribution is 2.37. The smallest absolute Gasteiger partial charge is 0.251 e. The molecule has 0 unspecified atom stereocenters. The highest BCUT2D eigenvalue weighted by atomic mass is 35.5. The third-order valence-corrected chi connectivity index (χ3v) is 12.4. The van der Waals surface area contributed by atoms with E-state index in [1.54, 1.807) is 18.3 Å². The third kappa shape index (κ3) is 6.92. The number of hydrogen-bond donors (Lipinski definition) is 1. The number of hydrogen-bond acceptors (Lipinski definition) is 6. The van der Waals surface area contributed by atoms with Gasteiger partial charge in [0.1, 0.15) is 11.5 Å². The minimum Gasteiger partial charge on any atom is -0.414 e. The lowest BCUT2D eigenvalue weighted by Gasteiger charge is -2.37. The van der Waals surface area contributed by atoms with E-state index in [0.717, 1.165) is 19.0 Å². The predicted molar refractivity (Wildman–Crippen MR) is 152 cm³/mol. The summed E-state index contributed by atoms with van der Waals surface area (Å²) in [7, 11) is -2.19. The van der Waals surface area contributed by atoms with Crippen LogP contribution in [0.1, 0.15) is 45.2 Å². The second-order valence-electron chi connectivity index (χ2n) is 11.3. The Morgan fingerprint density at radius 2 is 1.90 bits per heavy atom. The van der Waals surface area contributed by atoms with Gasteiger partial charge in [0.05, 0.1) is 23.9 Å². The van der Waals surface area contributed by atoms with Crippen molar-refractivity contribution in [2.24, 2.45) is 0 Å². The minimum atomic E-state index is -2.19. The molecule has 0 radical (unpaired) electrons. The van der Waals surface area contributed by atoms with E-state index >= 15 is 0 Å². The summed E-state index contributed by atoms with van der Waals surface area (Å²) in [6, 6.07) is 6.94. The molecule has 1 fully saturated rings. The van der Waals surface area contributed by atoms with Crippen molar-refractivity contribution in [1.29, 1.82) is 0 Å². The van der Waals surface area contributed by atoms with E-state index in [9.17, 15) is 13.6 Å². The van der Waals surface area contributed by atoms with Crippen LogP contribution in [0.3, 0.4) is 0 Å². The summed E-state index contributed by atoms with van der Waals surface area (Å²) in [5.41, 5.74) is 0.484. The molecule has 11 heteroatoms. The first-order chi connectivity index (χ1) is 18.4. The first kappa shape index (κ1) is 29.3. The molecule has 4 rings (SSSR count). The highest BCUT2D eigenvalue weighted by molar-refractivity contribution is 6.74. The Balaban J connectivity index is 1.67. The first-order valence-electron chi connectivity index (χ1n) is 13.0. The summed E-state index contributed by atoms with van der Waals surface area (Å²) >= 11 is 5.92. The lowest BCUT2D eigenvalue weighted by molar-refractivity contribution is 0.0903. The van der Waals surface area contributed by atoms with Crippen LogP contribution in [0.2, 0.25) is 23.2 Å². The van der Waals surface area contributed by atoms with Crippen LogP contribution < -0.4 is 10.9 Å². The highest BCUT2D eigenvalue weighted by Gasteiger charge is 2.38. The number of anilines is 1. The van der Waals surface area contributed by atoms with Crippen LogP contribution >= 0.6 is 11.6 Å². The Kier molecular flexibility index (Phi) is 8.90. The summed E-state index contributed by atoms with van der Waals surface area (Å²) in [6.45, 7) is 12.0. The quantitative estimate of drug-likeness (QED) is 0.311. The van der Waals surface area contributed by atoms with E-state index < -0.39 is 31.6 Å². The molecule has 39 heavy (non-hydrogen) atoms. The van der Waals surface area contributed by atoms with Gasteiger partial charge in [-0.1, -0.05) is 38.4 Å². The van der Waals surface area contributed by atoms with E-state index in [1.807, 2.05) is 0 Å². The zero-order chi connectivity index (χ0) is 28.4. The van der Waals surface area contributed by atoms with Gasteiger partial charge in [0.2, 0.25) is 5.95 Å². The SMILES string of the molecule is CC(C)(C)[Si](C)(C)OC[C@H](c1ccc(Cl)c(F)c1)n1ccc(-c2nc(NC3CCOCC3)ncc2F)cc1=O. The molecule has 1 saturated heterocycles. The predicted octanol–water partition coefficient (Wildman–Crippen LogP) is 6.44. The first-order valence-corrected chi connectivity index (χ1v) is 16.3. The van der Waals surface area contributed by atoms with E-state index in [0.29, 0.717) is 30.3 Å². The zero-order valence-corrected chi connectivity index (χ0v) is 24.7. The molecule has 1 atom stereocenters. The van der Waals surface area contributed by atoms with E-state index in [2.05, 4.69) is 49.1 Å². The van der Waals surface area contributed by atoms with Crippen LogP contribution in [0.25, 0.3) is 11.3 Å². The molecule has 3 heterocycles. The van der Waals surface area contributed by atoms with Crippen molar-refractivity contribution < 1.29 is 17.9 Å². The van der Waals surface area contributed by atoms with Gasteiger partial charge in [-0.15, -0.1) is 0 Å². The molecule has 1 aromatic carbocycles. The van der Waals surface area contributed by atoms with Crippen molar-refractivity contribution >= 4 is 25.9 Å². The number of ether oxygens (including phenoxy) is 1. The van der Waals surface area contributed by atoms with Gasteiger partial charge in [0, 0.05) is 37.1 Å². The maximum absolute atomic E-state index is 14.8. The minimum absolute atomic E-state index is 0.00471. The molecule has 0 bridgehead atoms. The Morgan fingerprint density at radius 3 is 2.54 bits per heavy atom. The second kappa shape index (κ2) is 11.8. The van der Waals surface area contributed by atoms with Crippen LogP contribution in [0.4, 0.5) is 14.7 Å². The molecule has 0 saturated carbocycles. The Bertz CT molecular complexity index is 1370. The summed E-state index contributed by atoms with van der Waals surface area (Å²) in [5.74, 6) is -0.925. The topological polar surface area (TPSA) is 78.3 Å². The van der Waals surface area contributed by atoms with Crippen molar-refractivity contribution in [2.75, 3.05) is 25.1 Å². The maximum atomic E-state index is 14.8. The fourth-order valence-corrected chi connectivity index (χ4v) is 5.24. The number of nitrogens with one attached hydrogen (secondary N) is 1. The monoisotopic (exact) mass is 576 g/mol. The van der Waals surface area contributed by atoms with Gasteiger partial charge in [-0.05, 0) is 54.7 Å². The van der Waals surface area contributed by atoms with Crippen molar-refractivity contribution in [3.8, 4) is 11.3 Å². The van der Waals surface area contributed by atoms with Gasteiger partial charge < -0.3 is 19.0 Å². The van der Waals surface area contributed by atoms with Crippen molar-refractivity contribution in [3.05, 3.63) is 75.3 Å². The molecular weight excluding hydrogens is 542 g/mol. The molecular formula is C28H35ClF2N4O3Si. The average molecular weight is 577 g/mol. The lowest BCUT2D eigenvalue weighted by atomic mass is 10.1. The van der Waals surface area contributed by atoms with E-state index in [1.165, 1.54) is 22.8 Å². The molecule has 0 amide bonds. The van der Waals surface area contributed by atoms with E-state index in [4.69, 9.17) is 20.8 Å². The lowest BCUT2D eigenvalue weighted by Crippen LogP contribution is -2.43. The number of halogens is 3. The fourth-order valence-electron chi connectivity index (χ4n) is 4.12. The maximum Gasteiger partial charge on any atom is 0.251 e. The van der Waals surface area contributed by atoms with Gasteiger partial charge in [0.25, 0.3) is 5.56 Å². The molecule has 1 aliphatic heterocycles. The molecule has 7 nitrogen and oxygen atoms in total. The summed E-state index contributed by atoms with van der Waals surface area (Å²) < 4.78 is 42.5.